The topological polar surface area (TPSA) is 94.6 Å². The van der Waals surface area contributed by atoms with Gasteiger partial charge in [0.05, 0.1) is 25.4 Å². The van der Waals surface area contributed by atoms with Gasteiger partial charge in [0.1, 0.15) is 0 Å². The zero-order chi connectivity index (χ0) is 21.4. The van der Waals surface area contributed by atoms with Crippen LogP contribution in [-0.4, -0.2) is 87.3 Å². The van der Waals surface area contributed by atoms with Crippen LogP contribution in [0.25, 0.3) is 0 Å². The van der Waals surface area contributed by atoms with Crippen LogP contribution >= 0.6 is 0 Å². The summed E-state index contributed by atoms with van der Waals surface area (Å²) in [5.74, 6) is -0.435. The van der Waals surface area contributed by atoms with Gasteiger partial charge in [-0.25, -0.2) is 4.79 Å². The highest BCUT2D eigenvalue weighted by atomic mass is 16.5. The van der Waals surface area contributed by atoms with E-state index in [1.165, 1.54) is 24.0 Å². The molecule has 0 unspecified atom stereocenters. The first-order valence-corrected chi connectivity index (χ1v) is 9.50. The van der Waals surface area contributed by atoms with Gasteiger partial charge >= 0.3 is 5.97 Å². The zero-order valence-corrected chi connectivity index (χ0v) is 17.3. The van der Waals surface area contributed by atoms with Crippen molar-refractivity contribution in [1.82, 2.24) is 9.80 Å². The van der Waals surface area contributed by atoms with E-state index < -0.39 is 12.1 Å². The molecule has 0 aliphatic carbocycles. The van der Waals surface area contributed by atoms with Crippen molar-refractivity contribution in [3.05, 3.63) is 23.8 Å². The fraction of sp³-hybridized carbons (Fsp3) is 0.550. The van der Waals surface area contributed by atoms with Crippen LogP contribution in [0.15, 0.2) is 18.2 Å². The molecule has 9 heteroatoms. The summed E-state index contributed by atoms with van der Waals surface area (Å²) in [5.41, 5.74) is 0.221. The van der Waals surface area contributed by atoms with Crippen molar-refractivity contribution >= 4 is 17.8 Å². The number of esters is 1. The van der Waals surface area contributed by atoms with Crippen LogP contribution in [0.5, 0.6) is 11.5 Å². The van der Waals surface area contributed by atoms with E-state index in [0.29, 0.717) is 44.4 Å². The first-order chi connectivity index (χ1) is 13.8. The van der Waals surface area contributed by atoms with Gasteiger partial charge in [-0.2, -0.15) is 0 Å². The second-order valence-electron chi connectivity index (χ2n) is 6.66. The maximum Gasteiger partial charge on any atom is 0.339 e. The molecule has 0 spiro atoms. The number of benzene rings is 1. The molecule has 160 valence electrons. The number of carbonyl (C=O) groups excluding carboxylic acids is 3. The van der Waals surface area contributed by atoms with E-state index in [0.717, 1.165) is 0 Å². The minimum Gasteiger partial charge on any atom is -0.490 e. The molecule has 1 aromatic carbocycles. The zero-order valence-electron chi connectivity index (χ0n) is 17.3. The average Bonchev–Trinajstić information content (AvgIpc) is 2.72. The number of hydrogen-bond acceptors (Lipinski definition) is 7. The van der Waals surface area contributed by atoms with Crippen molar-refractivity contribution in [3.63, 3.8) is 0 Å². The molecule has 0 bridgehead atoms. The van der Waals surface area contributed by atoms with Crippen molar-refractivity contribution in [1.29, 1.82) is 0 Å². The van der Waals surface area contributed by atoms with Gasteiger partial charge in [-0.3, -0.25) is 9.59 Å². The van der Waals surface area contributed by atoms with Gasteiger partial charge in [0.15, 0.2) is 24.2 Å². The summed E-state index contributed by atoms with van der Waals surface area (Å²) in [7, 11) is 3.18. The quantitative estimate of drug-likeness (QED) is 0.591. The first-order valence-electron chi connectivity index (χ1n) is 9.50. The van der Waals surface area contributed by atoms with Gasteiger partial charge < -0.3 is 28.7 Å². The number of likely N-dealkylation sites (N-methyl/N-ethyl adjacent to an activating group) is 1. The molecular formula is C20H28N2O7. The van der Waals surface area contributed by atoms with Crippen LogP contribution in [-0.2, 0) is 19.1 Å². The third-order valence-electron chi connectivity index (χ3n) is 4.27. The van der Waals surface area contributed by atoms with E-state index in [-0.39, 0.29) is 24.0 Å². The van der Waals surface area contributed by atoms with E-state index in [4.69, 9.17) is 18.9 Å². The molecule has 1 aromatic rings. The SMILES string of the molecule is CCOc1cc(C(=O)O[C@H](C)C(=O)N(C)C)ccc1OCC(=O)N1CCOCC1. The Bertz CT molecular complexity index is 730. The van der Waals surface area contributed by atoms with Crippen molar-refractivity contribution in [3.8, 4) is 11.5 Å². The number of carbonyl (C=O) groups is 3. The molecule has 0 N–H and O–H groups in total. The highest BCUT2D eigenvalue weighted by molar-refractivity contribution is 5.92. The summed E-state index contributed by atoms with van der Waals surface area (Å²) >= 11 is 0. The van der Waals surface area contributed by atoms with Crippen molar-refractivity contribution in [2.24, 2.45) is 0 Å². The third-order valence-corrected chi connectivity index (χ3v) is 4.27. The highest BCUT2D eigenvalue weighted by Crippen LogP contribution is 2.29. The molecule has 1 fully saturated rings. The molecule has 1 aliphatic rings. The number of nitrogens with zero attached hydrogens (tertiary/aromatic N) is 2. The van der Waals surface area contributed by atoms with Crippen molar-refractivity contribution in [2.45, 2.75) is 20.0 Å². The molecular weight excluding hydrogens is 380 g/mol. The lowest BCUT2D eigenvalue weighted by Gasteiger charge is -2.26. The Labute approximate surface area is 170 Å². The van der Waals surface area contributed by atoms with Crippen molar-refractivity contribution in [2.75, 3.05) is 53.6 Å². The Morgan fingerprint density at radius 1 is 1.14 bits per heavy atom. The molecule has 29 heavy (non-hydrogen) atoms. The van der Waals surface area contributed by atoms with Gasteiger partial charge in [0.2, 0.25) is 0 Å². The van der Waals surface area contributed by atoms with Crippen LogP contribution in [0, 0.1) is 0 Å². The maximum absolute atomic E-state index is 12.4. The summed E-state index contributed by atoms with van der Waals surface area (Å²) in [6.07, 6.45) is -0.907. The minimum absolute atomic E-state index is 0.141. The van der Waals surface area contributed by atoms with Gasteiger partial charge in [-0.05, 0) is 32.0 Å². The molecule has 1 aliphatic heterocycles. The van der Waals surface area contributed by atoms with Gasteiger partial charge in [0, 0.05) is 27.2 Å². The summed E-state index contributed by atoms with van der Waals surface area (Å²) in [4.78, 5) is 39.5. The first kappa shape index (κ1) is 22.5. The Kier molecular flexibility index (Phi) is 8.26. The van der Waals surface area contributed by atoms with E-state index in [9.17, 15) is 14.4 Å². The summed E-state index contributed by atoms with van der Waals surface area (Å²) in [6, 6.07) is 4.53. The van der Waals surface area contributed by atoms with Crippen LogP contribution in [0.2, 0.25) is 0 Å². The van der Waals surface area contributed by atoms with Crippen LogP contribution < -0.4 is 9.47 Å². The molecule has 1 atom stereocenters. The minimum atomic E-state index is -0.907. The lowest BCUT2D eigenvalue weighted by molar-refractivity contribution is -0.137. The largest absolute Gasteiger partial charge is 0.490 e. The van der Waals surface area contributed by atoms with Crippen LogP contribution in [0.4, 0.5) is 0 Å². The second-order valence-corrected chi connectivity index (χ2v) is 6.66. The monoisotopic (exact) mass is 408 g/mol. The van der Waals surface area contributed by atoms with Crippen LogP contribution in [0.3, 0.4) is 0 Å². The van der Waals surface area contributed by atoms with E-state index in [2.05, 4.69) is 0 Å². The molecule has 1 heterocycles. The number of morpholine rings is 1. The number of rotatable bonds is 8. The molecule has 0 saturated carbocycles. The Morgan fingerprint density at radius 3 is 2.45 bits per heavy atom. The van der Waals surface area contributed by atoms with E-state index >= 15 is 0 Å². The predicted molar refractivity (Wildman–Crippen MR) is 104 cm³/mol. The Balaban J connectivity index is 2.04. The number of amides is 2. The standard InChI is InChI=1S/C20H28N2O7/c1-5-27-17-12-15(20(25)29-14(2)19(24)21(3)4)6-7-16(17)28-13-18(23)22-8-10-26-11-9-22/h6-7,12,14H,5,8-11,13H2,1-4H3/t14-/m1/s1. The molecule has 0 radical (unpaired) electrons. The number of hydrogen-bond donors (Lipinski definition) is 0. The summed E-state index contributed by atoms with van der Waals surface area (Å²) in [5, 5.41) is 0. The molecule has 1 saturated heterocycles. The molecule has 0 aromatic heterocycles. The fourth-order valence-corrected chi connectivity index (χ4v) is 2.71. The van der Waals surface area contributed by atoms with Gasteiger partial charge in [0.25, 0.3) is 11.8 Å². The van der Waals surface area contributed by atoms with Crippen LogP contribution in [0.1, 0.15) is 24.2 Å². The molecule has 9 nitrogen and oxygen atoms in total. The lowest BCUT2D eigenvalue weighted by Crippen LogP contribution is -2.43. The highest BCUT2D eigenvalue weighted by Gasteiger charge is 2.22. The molecule has 2 amide bonds. The van der Waals surface area contributed by atoms with Gasteiger partial charge in [-0.15, -0.1) is 0 Å². The van der Waals surface area contributed by atoms with E-state index in [1.807, 2.05) is 0 Å². The summed E-state index contributed by atoms with van der Waals surface area (Å²) in [6.45, 7) is 5.62. The summed E-state index contributed by atoms with van der Waals surface area (Å²) < 4.78 is 21.6. The van der Waals surface area contributed by atoms with E-state index in [1.54, 1.807) is 32.0 Å². The van der Waals surface area contributed by atoms with Crippen molar-refractivity contribution < 1.29 is 33.3 Å². The molecule has 2 rings (SSSR count). The predicted octanol–water partition coefficient (Wildman–Crippen LogP) is 0.956. The second kappa shape index (κ2) is 10.7. The Morgan fingerprint density at radius 2 is 1.83 bits per heavy atom. The fourth-order valence-electron chi connectivity index (χ4n) is 2.71. The Hall–Kier alpha value is -2.81. The average molecular weight is 408 g/mol. The lowest BCUT2D eigenvalue weighted by atomic mass is 10.2. The normalized spacial score (nSPS) is 14.7. The number of ether oxygens (including phenoxy) is 4. The smallest absolute Gasteiger partial charge is 0.339 e. The van der Waals surface area contributed by atoms with Gasteiger partial charge in [-0.1, -0.05) is 0 Å². The maximum atomic E-state index is 12.4. The third kappa shape index (κ3) is 6.35.